The number of aromatic nitrogens is 1. The molecule has 0 unspecified atom stereocenters. The third-order valence-corrected chi connectivity index (χ3v) is 4.76. The van der Waals surface area contributed by atoms with Crippen LogP contribution in [0.4, 0.5) is 0 Å². The van der Waals surface area contributed by atoms with Crippen LogP contribution in [0.3, 0.4) is 0 Å². The number of cyclic esters (lactones) is 1. The van der Waals surface area contributed by atoms with E-state index in [-0.39, 0.29) is 24.2 Å². The normalized spacial score (nSPS) is 25.0. The minimum atomic E-state index is -1.01. The van der Waals surface area contributed by atoms with Crippen molar-refractivity contribution >= 4 is 43.6 Å². The van der Waals surface area contributed by atoms with Gasteiger partial charge >= 0.3 is 5.97 Å². The van der Waals surface area contributed by atoms with Gasteiger partial charge in [0.15, 0.2) is 18.0 Å². The zero-order valence-electron chi connectivity index (χ0n) is 12.1. The first kappa shape index (κ1) is 16.6. The summed E-state index contributed by atoms with van der Waals surface area (Å²) >= 11 is 6.80. The van der Waals surface area contributed by atoms with Gasteiger partial charge in [-0.3, -0.25) is 9.59 Å². The largest absolute Gasteiger partial charge is 0.451 e. The summed E-state index contributed by atoms with van der Waals surface area (Å²) < 4.78 is 8.93. The van der Waals surface area contributed by atoms with Gasteiger partial charge in [-0.1, -0.05) is 13.3 Å². The molecule has 1 fully saturated rings. The second kappa shape index (κ2) is 6.57. The fourth-order valence-corrected chi connectivity index (χ4v) is 4.07. The molecular formula is C15H18Br2NO3+. The molecule has 2 heterocycles. The predicted octanol–water partition coefficient (Wildman–Crippen LogP) is 3.19. The lowest BCUT2D eigenvalue weighted by atomic mass is 9.82. The minimum absolute atomic E-state index is 0.0290. The minimum Gasteiger partial charge on any atom is -0.451 e. The second-order valence-corrected chi connectivity index (χ2v) is 7.37. The third-order valence-electron chi connectivity index (χ3n) is 3.89. The Bertz CT molecular complexity index is 556. The Morgan fingerprint density at radius 3 is 2.62 bits per heavy atom. The molecule has 6 heteroatoms. The van der Waals surface area contributed by atoms with Crippen LogP contribution < -0.4 is 4.57 Å². The summed E-state index contributed by atoms with van der Waals surface area (Å²) in [4.78, 5) is 24.3. The van der Waals surface area contributed by atoms with E-state index in [2.05, 4.69) is 31.9 Å². The summed E-state index contributed by atoms with van der Waals surface area (Å²) in [5.74, 6) is -0.370. The fourth-order valence-electron chi connectivity index (χ4n) is 2.74. The SMILES string of the molecule is CCC[C@@H]1CC(=O)O[C@@]1(C)C(=O)C[n+]1cc(Br)cc(Br)c1. The van der Waals surface area contributed by atoms with Crippen molar-refractivity contribution in [3.05, 3.63) is 27.4 Å². The lowest BCUT2D eigenvalue weighted by Crippen LogP contribution is -2.49. The Balaban J connectivity index is 2.19. The van der Waals surface area contributed by atoms with E-state index in [1.807, 2.05) is 25.4 Å². The van der Waals surface area contributed by atoms with Gasteiger partial charge in [-0.15, -0.1) is 0 Å². The molecular weight excluding hydrogens is 402 g/mol. The molecule has 1 aliphatic heterocycles. The van der Waals surface area contributed by atoms with Crippen molar-refractivity contribution in [1.29, 1.82) is 0 Å². The van der Waals surface area contributed by atoms with Crippen LogP contribution >= 0.6 is 31.9 Å². The van der Waals surface area contributed by atoms with Crippen molar-refractivity contribution in [1.82, 2.24) is 0 Å². The number of esters is 1. The molecule has 4 nitrogen and oxygen atoms in total. The Morgan fingerprint density at radius 1 is 1.43 bits per heavy atom. The highest BCUT2D eigenvalue weighted by molar-refractivity contribution is 9.11. The monoisotopic (exact) mass is 418 g/mol. The number of carbonyl (C=O) groups is 2. The van der Waals surface area contributed by atoms with Crippen molar-refractivity contribution in [3.8, 4) is 0 Å². The first-order valence-corrected chi connectivity index (χ1v) is 8.54. The van der Waals surface area contributed by atoms with Crippen LogP contribution in [-0.2, 0) is 20.9 Å². The Kier molecular flexibility index (Phi) is 5.20. The highest BCUT2D eigenvalue weighted by Crippen LogP contribution is 2.36. The standard InChI is InChI=1S/C15H18Br2NO3/c1-3-4-10-5-14(20)21-15(10,2)13(19)9-18-7-11(16)6-12(17)8-18/h6-8,10H,3-5,9H2,1-2H3/q+1/t10-,15-/m1/s1. The van der Waals surface area contributed by atoms with E-state index in [1.165, 1.54) is 0 Å². The van der Waals surface area contributed by atoms with Gasteiger partial charge in [0.1, 0.15) is 0 Å². The van der Waals surface area contributed by atoms with E-state index >= 15 is 0 Å². The van der Waals surface area contributed by atoms with Crippen LogP contribution in [0.5, 0.6) is 0 Å². The number of nitrogens with zero attached hydrogens (tertiary/aromatic N) is 1. The molecule has 2 atom stereocenters. The summed E-state index contributed by atoms with van der Waals surface area (Å²) in [6.45, 7) is 3.98. The molecule has 1 aromatic rings. The molecule has 21 heavy (non-hydrogen) atoms. The number of hydrogen-bond acceptors (Lipinski definition) is 3. The molecule has 0 bridgehead atoms. The highest BCUT2D eigenvalue weighted by Gasteiger charge is 2.51. The molecule has 0 radical (unpaired) electrons. The van der Waals surface area contributed by atoms with Crippen LogP contribution in [0.1, 0.15) is 33.1 Å². The third kappa shape index (κ3) is 3.72. The molecule has 114 valence electrons. The maximum atomic E-state index is 12.7. The molecule has 1 saturated heterocycles. The number of ether oxygens (including phenoxy) is 1. The van der Waals surface area contributed by atoms with Crippen molar-refractivity contribution in [2.45, 2.75) is 45.3 Å². The highest BCUT2D eigenvalue weighted by atomic mass is 79.9. The lowest BCUT2D eigenvalue weighted by molar-refractivity contribution is -0.686. The lowest BCUT2D eigenvalue weighted by Gasteiger charge is -2.26. The molecule has 0 saturated carbocycles. The van der Waals surface area contributed by atoms with E-state index in [0.717, 1.165) is 21.8 Å². The van der Waals surface area contributed by atoms with Crippen LogP contribution in [0.2, 0.25) is 0 Å². The zero-order chi connectivity index (χ0) is 15.6. The van der Waals surface area contributed by atoms with Crippen molar-refractivity contribution < 1.29 is 18.9 Å². The Labute approximate surface area is 141 Å². The number of carbonyl (C=O) groups excluding carboxylic acids is 2. The van der Waals surface area contributed by atoms with Gasteiger partial charge in [0.2, 0.25) is 12.3 Å². The van der Waals surface area contributed by atoms with Gasteiger partial charge in [0.05, 0.1) is 15.4 Å². The first-order valence-electron chi connectivity index (χ1n) is 6.95. The fraction of sp³-hybridized carbons (Fsp3) is 0.533. The number of halogens is 2. The van der Waals surface area contributed by atoms with Gasteiger partial charge in [-0.05, 0) is 51.3 Å². The Morgan fingerprint density at radius 2 is 2.05 bits per heavy atom. The van der Waals surface area contributed by atoms with Gasteiger partial charge in [-0.2, -0.15) is 4.57 Å². The molecule has 0 spiro atoms. The summed E-state index contributed by atoms with van der Waals surface area (Å²) in [5, 5.41) is 0. The molecule has 1 aliphatic rings. The molecule has 1 aromatic heterocycles. The van der Waals surface area contributed by atoms with E-state index in [4.69, 9.17) is 4.74 Å². The first-order chi connectivity index (χ1) is 9.85. The van der Waals surface area contributed by atoms with Crippen molar-refractivity contribution in [2.24, 2.45) is 5.92 Å². The van der Waals surface area contributed by atoms with Crippen LogP contribution in [0.25, 0.3) is 0 Å². The number of ketones is 1. The predicted molar refractivity (Wildman–Crippen MR) is 84.6 cm³/mol. The zero-order valence-corrected chi connectivity index (χ0v) is 15.2. The molecule has 0 N–H and O–H groups in total. The smallest absolute Gasteiger partial charge is 0.307 e. The average Bonchev–Trinajstić information content (AvgIpc) is 2.64. The molecule has 0 aliphatic carbocycles. The molecule has 0 aromatic carbocycles. The maximum Gasteiger partial charge on any atom is 0.307 e. The van der Waals surface area contributed by atoms with E-state index in [0.29, 0.717) is 6.42 Å². The quantitative estimate of drug-likeness (QED) is 0.543. The number of hydrogen-bond donors (Lipinski definition) is 0. The van der Waals surface area contributed by atoms with Crippen LogP contribution in [-0.4, -0.2) is 17.4 Å². The van der Waals surface area contributed by atoms with Crippen LogP contribution in [0.15, 0.2) is 27.4 Å². The summed E-state index contributed by atoms with van der Waals surface area (Å²) in [6, 6.07) is 1.90. The summed E-state index contributed by atoms with van der Waals surface area (Å²) in [6.07, 6.45) is 5.75. The Hall–Kier alpha value is -0.750. The van der Waals surface area contributed by atoms with Gasteiger partial charge in [-0.25, -0.2) is 0 Å². The van der Waals surface area contributed by atoms with Crippen LogP contribution in [0, 0.1) is 5.92 Å². The molecule has 2 rings (SSSR count). The number of pyridine rings is 1. The van der Waals surface area contributed by atoms with Gasteiger partial charge in [0.25, 0.3) is 0 Å². The van der Waals surface area contributed by atoms with E-state index in [1.54, 1.807) is 11.5 Å². The van der Waals surface area contributed by atoms with Gasteiger partial charge in [0, 0.05) is 5.92 Å². The maximum absolute atomic E-state index is 12.7. The van der Waals surface area contributed by atoms with E-state index < -0.39 is 5.60 Å². The van der Waals surface area contributed by atoms with Gasteiger partial charge < -0.3 is 4.74 Å². The number of Topliss-reactive ketones (excluding diaryl/α,β-unsaturated/α-hetero) is 1. The summed E-state index contributed by atoms with van der Waals surface area (Å²) in [7, 11) is 0. The second-order valence-electron chi connectivity index (χ2n) is 5.54. The topological polar surface area (TPSA) is 47.3 Å². The number of rotatable bonds is 5. The van der Waals surface area contributed by atoms with Crippen molar-refractivity contribution in [2.75, 3.05) is 0 Å². The summed E-state index contributed by atoms with van der Waals surface area (Å²) in [5.41, 5.74) is -1.01. The van der Waals surface area contributed by atoms with E-state index in [9.17, 15) is 9.59 Å². The molecule has 0 amide bonds. The average molecular weight is 420 g/mol. The van der Waals surface area contributed by atoms with Crippen molar-refractivity contribution in [3.63, 3.8) is 0 Å².